The molecule has 0 saturated heterocycles. The van der Waals surface area contributed by atoms with Crippen molar-refractivity contribution in [2.45, 2.75) is 39.7 Å². The van der Waals surface area contributed by atoms with Gasteiger partial charge in [0.05, 0.1) is 0 Å². The van der Waals surface area contributed by atoms with Crippen LogP contribution in [0.3, 0.4) is 0 Å². The highest BCUT2D eigenvalue weighted by molar-refractivity contribution is 7.80. The number of thiocarbonyl (C=S) groups is 1. The third-order valence-corrected chi connectivity index (χ3v) is 3.56. The van der Waals surface area contributed by atoms with E-state index in [4.69, 9.17) is 29.6 Å². The minimum Gasteiger partial charge on any atom is -0.389 e. The molecule has 4 heteroatoms. The highest BCUT2D eigenvalue weighted by atomic mass is 35.5. The van der Waals surface area contributed by atoms with Gasteiger partial charge in [0, 0.05) is 22.3 Å². The van der Waals surface area contributed by atoms with Crippen molar-refractivity contribution in [2.75, 3.05) is 5.32 Å². The third-order valence-electron chi connectivity index (χ3n) is 3.10. The van der Waals surface area contributed by atoms with E-state index in [1.165, 1.54) is 6.42 Å². The third kappa shape index (κ3) is 4.46. The molecule has 3 N–H and O–H groups in total. The lowest BCUT2D eigenvalue weighted by Crippen LogP contribution is -2.21. The Kier molecular flexibility index (Phi) is 5.89. The van der Waals surface area contributed by atoms with E-state index in [2.05, 4.69) is 26.1 Å². The van der Waals surface area contributed by atoms with E-state index >= 15 is 0 Å². The Morgan fingerprint density at radius 3 is 2.67 bits per heavy atom. The first-order valence-electron chi connectivity index (χ1n) is 6.30. The van der Waals surface area contributed by atoms with Crippen LogP contribution in [0, 0.1) is 5.92 Å². The van der Waals surface area contributed by atoms with Crippen molar-refractivity contribution in [1.29, 1.82) is 0 Å². The van der Waals surface area contributed by atoms with Crippen molar-refractivity contribution in [3.05, 3.63) is 28.8 Å². The van der Waals surface area contributed by atoms with Crippen LogP contribution < -0.4 is 11.1 Å². The summed E-state index contributed by atoms with van der Waals surface area (Å²) in [5.74, 6) is 0.694. The largest absolute Gasteiger partial charge is 0.389 e. The molecule has 18 heavy (non-hydrogen) atoms. The normalized spacial score (nSPS) is 14.0. The smallest absolute Gasteiger partial charge is 0.106 e. The summed E-state index contributed by atoms with van der Waals surface area (Å²) in [6.07, 6.45) is 2.30. The molecular formula is C14H21ClN2S. The van der Waals surface area contributed by atoms with Crippen molar-refractivity contribution in [2.24, 2.45) is 11.7 Å². The van der Waals surface area contributed by atoms with E-state index in [9.17, 15) is 0 Å². The number of hydrogen-bond donors (Lipinski definition) is 2. The Morgan fingerprint density at radius 2 is 2.11 bits per heavy atom. The summed E-state index contributed by atoms with van der Waals surface area (Å²) in [4.78, 5) is 0.393. The molecule has 0 saturated carbocycles. The number of anilines is 1. The van der Waals surface area contributed by atoms with Crippen molar-refractivity contribution in [3.8, 4) is 0 Å². The van der Waals surface area contributed by atoms with Gasteiger partial charge in [-0.1, -0.05) is 44.1 Å². The summed E-state index contributed by atoms with van der Waals surface area (Å²) in [6.45, 7) is 6.62. The van der Waals surface area contributed by atoms with E-state index in [-0.39, 0.29) is 0 Å². The van der Waals surface area contributed by atoms with Gasteiger partial charge in [-0.3, -0.25) is 0 Å². The van der Waals surface area contributed by atoms with E-state index in [0.29, 0.717) is 22.0 Å². The molecule has 0 bridgehead atoms. The minimum atomic E-state index is 0.367. The highest BCUT2D eigenvalue weighted by Gasteiger charge is 2.11. The fourth-order valence-electron chi connectivity index (χ4n) is 1.95. The van der Waals surface area contributed by atoms with Crippen LogP contribution in [0.15, 0.2) is 18.2 Å². The molecule has 0 amide bonds. The van der Waals surface area contributed by atoms with Gasteiger partial charge in [-0.2, -0.15) is 0 Å². The Balaban J connectivity index is 2.82. The Morgan fingerprint density at radius 1 is 1.44 bits per heavy atom. The molecule has 0 aliphatic rings. The number of halogens is 1. The predicted octanol–water partition coefficient (Wildman–Crippen LogP) is 4.21. The van der Waals surface area contributed by atoms with E-state index in [1.54, 1.807) is 6.07 Å². The van der Waals surface area contributed by atoms with Crippen molar-refractivity contribution < 1.29 is 0 Å². The van der Waals surface area contributed by atoms with E-state index in [0.717, 1.165) is 17.7 Å². The van der Waals surface area contributed by atoms with Crippen LogP contribution in [0.4, 0.5) is 5.69 Å². The fraction of sp³-hybridized carbons (Fsp3) is 0.500. The summed E-state index contributed by atoms with van der Waals surface area (Å²) >= 11 is 11.1. The fourth-order valence-corrected chi connectivity index (χ4v) is 2.30. The van der Waals surface area contributed by atoms with Crippen LogP contribution in [0.2, 0.25) is 5.02 Å². The number of nitrogens with two attached hydrogens (primary N) is 1. The van der Waals surface area contributed by atoms with Gasteiger partial charge in [0.2, 0.25) is 0 Å². The molecule has 1 aromatic carbocycles. The van der Waals surface area contributed by atoms with Crippen LogP contribution in [-0.4, -0.2) is 11.0 Å². The molecule has 0 spiro atoms. The van der Waals surface area contributed by atoms with Gasteiger partial charge in [-0.15, -0.1) is 0 Å². The maximum Gasteiger partial charge on any atom is 0.106 e. The number of rotatable bonds is 6. The van der Waals surface area contributed by atoms with Crippen LogP contribution in [0.25, 0.3) is 0 Å². The topological polar surface area (TPSA) is 38.0 Å². The van der Waals surface area contributed by atoms with E-state index in [1.807, 2.05) is 12.1 Å². The lowest BCUT2D eigenvalue weighted by atomic mass is 10.00. The zero-order chi connectivity index (χ0) is 13.7. The first-order chi connectivity index (χ1) is 8.43. The van der Waals surface area contributed by atoms with E-state index < -0.39 is 0 Å². The summed E-state index contributed by atoms with van der Waals surface area (Å²) in [5.41, 5.74) is 7.49. The summed E-state index contributed by atoms with van der Waals surface area (Å²) in [7, 11) is 0. The quantitative estimate of drug-likeness (QED) is 0.769. The molecule has 0 aliphatic heterocycles. The maximum absolute atomic E-state index is 6.01. The second-order valence-corrected chi connectivity index (χ2v) is 5.72. The lowest BCUT2D eigenvalue weighted by molar-refractivity contribution is 0.484. The van der Waals surface area contributed by atoms with Gasteiger partial charge in [0.25, 0.3) is 0 Å². The molecule has 0 heterocycles. The SMILES string of the molecule is CCC(C)CC(C)Nc1cc(Cl)ccc1C(N)=S. The van der Waals surface area contributed by atoms with Crippen LogP contribution >= 0.6 is 23.8 Å². The van der Waals surface area contributed by atoms with Crippen molar-refractivity contribution in [3.63, 3.8) is 0 Å². The van der Waals surface area contributed by atoms with Crippen LogP contribution in [0.1, 0.15) is 39.2 Å². The van der Waals surface area contributed by atoms with Crippen LogP contribution in [-0.2, 0) is 0 Å². The molecule has 2 nitrogen and oxygen atoms in total. The maximum atomic E-state index is 6.01. The van der Waals surface area contributed by atoms with Gasteiger partial charge in [-0.25, -0.2) is 0 Å². The predicted molar refractivity (Wildman–Crippen MR) is 84.5 cm³/mol. The van der Waals surface area contributed by atoms with Gasteiger partial charge < -0.3 is 11.1 Å². The summed E-state index contributed by atoms with van der Waals surface area (Å²) in [6, 6.07) is 5.92. The van der Waals surface area contributed by atoms with Gasteiger partial charge in [-0.05, 0) is 37.5 Å². The van der Waals surface area contributed by atoms with Gasteiger partial charge in [0.1, 0.15) is 4.99 Å². The van der Waals surface area contributed by atoms with Crippen LogP contribution in [0.5, 0.6) is 0 Å². The molecule has 2 atom stereocenters. The molecule has 1 rings (SSSR count). The first-order valence-corrected chi connectivity index (χ1v) is 7.08. The number of hydrogen-bond acceptors (Lipinski definition) is 2. The highest BCUT2D eigenvalue weighted by Crippen LogP contribution is 2.23. The molecule has 100 valence electrons. The number of benzene rings is 1. The molecule has 0 aromatic heterocycles. The molecule has 0 fully saturated rings. The summed E-state index contributed by atoms with van der Waals surface area (Å²) < 4.78 is 0. The zero-order valence-electron chi connectivity index (χ0n) is 11.2. The average Bonchev–Trinajstić information content (AvgIpc) is 2.28. The summed E-state index contributed by atoms with van der Waals surface area (Å²) in [5, 5.41) is 4.13. The molecular weight excluding hydrogens is 264 g/mol. The minimum absolute atomic E-state index is 0.367. The van der Waals surface area contributed by atoms with Crippen molar-refractivity contribution >= 4 is 34.5 Å². The van der Waals surface area contributed by atoms with Gasteiger partial charge in [0.15, 0.2) is 0 Å². The second kappa shape index (κ2) is 6.95. The standard InChI is InChI=1S/C14H21ClN2S/c1-4-9(2)7-10(3)17-13-8-11(15)5-6-12(13)14(16)18/h5-6,8-10,17H,4,7H2,1-3H3,(H2,16,18). The van der Waals surface area contributed by atoms with Gasteiger partial charge >= 0.3 is 0 Å². The lowest BCUT2D eigenvalue weighted by Gasteiger charge is -2.20. The Bertz CT molecular complexity index is 420. The Hall–Kier alpha value is -0.800. The monoisotopic (exact) mass is 284 g/mol. The molecule has 2 unspecified atom stereocenters. The first kappa shape index (κ1) is 15.3. The molecule has 0 aliphatic carbocycles. The van der Waals surface area contributed by atoms with Crippen molar-refractivity contribution in [1.82, 2.24) is 0 Å². The molecule has 1 aromatic rings. The number of nitrogens with one attached hydrogen (secondary N) is 1. The Labute approximate surface area is 120 Å². The zero-order valence-corrected chi connectivity index (χ0v) is 12.7. The second-order valence-electron chi connectivity index (χ2n) is 4.85. The average molecular weight is 285 g/mol. The molecule has 0 radical (unpaired) electrons.